The SMILES string of the molecule is B[C@@H]1O[C@H](COC)C(OC)[C@@H]1OCC(C)C. The highest BCUT2D eigenvalue weighted by Crippen LogP contribution is 2.25. The molecule has 1 aliphatic heterocycles. The maximum absolute atomic E-state index is 5.85. The Morgan fingerprint density at radius 3 is 2.44 bits per heavy atom. The van der Waals surface area contributed by atoms with Gasteiger partial charge in [0.25, 0.3) is 0 Å². The average Bonchev–Trinajstić information content (AvgIpc) is 2.51. The van der Waals surface area contributed by atoms with Gasteiger partial charge in [-0.05, 0) is 5.92 Å². The minimum atomic E-state index is -0.0336. The Bertz CT molecular complexity index is 200. The van der Waals surface area contributed by atoms with Crippen LogP contribution in [0.15, 0.2) is 0 Å². The van der Waals surface area contributed by atoms with Crippen LogP contribution >= 0.6 is 0 Å². The van der Waals surface area contributed by atoms with Crippen molar-refractivity contribution in [2.45, 2.75) is 38.2 Å². The molecule has 1 heterocycles. The van der Waals surface area contributed by atoms with E-state index in [-0.39, 0.29) is 24.3 Å². The number of rotatable bonds is 6. The molecule has 0 N–H and O–H groups in total. The lowest BCUT2D eigenvalue weighted by Gasteiger charge is -2.23. The van der Waals surface area contributed by atoms with Gasteiger partial charge in [-0.3, -0.25) is 0 Å². The van der Waals surface area contributed by atoms with Gasteiger partial charge in [-0.2, -0.15) is 0 Å². The molecule has 0 amide bonds. The Morgan fingerprint density at radius 1 is 1.25 bits per heavy atom. The Labute approximate surface area is 99.0 Å². The van der Waals surface area contributed by atoms with E-state index in [1.54, 1.807) is 14.2 Å². The summed E-state index contributed by atoms with van der Waals surface area (Å²) in [7, 11) is 5.39. The van der Waals surface area contributed by atoms with Crippen molar-refractivity contribution in [2.24, 2.45) is 5.92 Å². The van der Waals surface area contributed by atoms with Crippen LogP contribution in [0.5, 0.6) is 0 Å². The topological polar surface area (TPSA) is 36.9 Å². The molecular formula is C11H23BO4. The molecule has 0 aromatic heterocycles. The molecule has 1 aliphatic rings. The standard InChI is InChI=1S/C11H23BO4/c1-7(2)5-15-10-9(14-4)8(6-13-3)16-11(10)12/h7-11H,5-6,12H2,1-4H3/t8-,9?,10+,11-/m1/s1. The van der Waals surface area contributed by atoms with E-state index in [0.717, 1.165) is 6.61 Å². The van der Waals surface area contributed by atoms with Crippen LogP contribution in [0, 0.1) is 5.92 Å². The molecule has 16 heavy (non-hydrogen) atoms. The molecule has 4 nitrogen and oxygen atoms in total. The predicted molar refractivity (Wildman–Crippen MR) is 64.5 cm³/mol. The molecule has 1 unspecified atom stereocenters. The van der Waals surface area contributed by atoms with Crippen LogP contribution < -0.4 is 0 Å². The molecule has 0 aromatic carbocycles. The summed E-state index contributed by atoms with van der Waals surface area (Å²) in [5.41, 5.74) is 0. The van der Waals surface area contributed by atoms with Gasteiger partial charge in [0.15, 0.2) is 0 Å². The Balaban J connectivity index is 2.53. The first-order chi connectivity index (χ1) is 7.60. The van der Waals surface area contributed by atoms with Gasteiger partial charge in [0.2, 0.25) is 0 Å². The third-order valence-corrected chi connectivity index (χ3v) is 2.77. The van der Waals surface area contributed by atoms with Gasteiger partial charge < -0.3 is 18.9 Å². The lowest BCUT2D eigenvalue weighted by atomic mass is 9.92. The molecule has 0 aliphatic carbocycles. The third-order valence-electron chi connectivity index (χ3n) is 2.77. The zero-order valence-electron chi connectivity index (χ0n) is 10.9. The summed E-state index contributed by atoms with van der Waals surface area (Å²) in [6.07, 6.45) is -0.0524. The molecule has 0 saturated carbocycles. The van der Waals surface area contributed by atoms with E-state index in [2.05, 4.69) is 13.8 Å². The fourth-order valence-electron chi connectivity index (χ4n) is 2.03. The zero-order valence-corrected chi connectivity index (χ0v) is 10.9. The molecule has 1 rings (SSSR count). The fraction of sp³-hybridized carbons (Fsp3) is 1.00. The Kier molecular flexibility index (Phi) is 5.76. The van der Waals surface area contributed by atoms with Gasteiger partial charge in [-0.1, -0.05) is 13.8 Å². The van der Waals surface area contributed by atoms with Gasteiger partial charge in [0, 0.05) is 20.8 Å². The first kappa shape index (κ1) is 14.0. The van der Waals surface area contributed by atoms with E-state index >= 15 is 0 Å². The molecule has 0 aromatic rings. The molecule has 5 heteroatoms. The molecule has 94 valence electrons. The maximum atomic E-state index is 5.85. The monoisotopic (exact) mass is 230 g/mol. The van der Waals surface area contributed by atoms with Gasteiger partial charge in [0.1, 0.15) is 26.2 Å². The lowest BCUT2D eigenvalue weighted by Crippen LogP contribution is -2.39. The quantitative estimate of drug-likeness (QED) is 0.604. The fourth-order valence-corrected chi connectivity index (χ4v) is 2.03. The molecule has 0 spiro atoms. The van der Waals surface area contributed by atoms with Crippen LogP contribution in [0.4, 0.5) is 0 Å². The number of methoxy groups -OCH3 is 2. The highest BCUT2D eigenvalue weighted by molar-refractivity contribution is 6.11. The Hall–Kier alpha value is -0.0951. The highest BCUT2D eigenvalue weighted by Gasteiger charge is 2.43. The Morgan fingerprint density at radius 2 is 1.94 bits per heavy atom. The normalized spacial score (nSPS) is 34.8. The summed E-state index contributed by atoms with van der Waals surface area (Å²) >= 11 is 0. The van der Waals surface area contributed by atoms with Crippen molar-refractivity contribution in [3.8, 4) is 0 Å². The summed E-state index contributed by atoms with van der Waals surface area (Å²) < 4.78 is 22.2. The van der Waals surface area contributed by atoms with Crippen molar-refractivity contribution in [3.63, 3.8) is 0 Å². The average molecular weight is 230 g/mol. The van der Waals surface area contributed by atoms with Crippen molar-refractivity contribution >= 4 is 7.85 Å². The molecule has 1 fully saturated rings. The molecule has 1 saturated heterocycles. The van der Waals surface area contributed by atoms with Crippen LogP contribution in [-0.2, 0) is 18.9 Å². The van der Waals surface area contributed by atoms with Crippen molar-refractivity contribution in [3.05, 3.63) is 0 Å². The second-order valence-corrected chi connectivity index (χ2v) is 4.73. The van der Waals surface area contributed by atoms with Crippen LogP contribution in [0.2, 0.25) is 0 Å². The summed E-state index contributed by atoms with van der Waals surface area (Å²) in [5, 5.41) is 0. The van der Waals surface area contributed by atoms with Crippen LogP contribution in [0.25, 0.3) is 0 Å². The second-order valence-electron chi connectivity index (χ2n) is 4.73. The molecule has 0 bridgehead atoms. The van der Waals surface area contributed by atoms with E-state index in [4.69, 9.17) is 18.9 Å². The van der Waals surface area contributed by atoms with Crippen LogP contribution in [-0.4, -0.2) is 59.6 Å². The lowest BCUT2D eigenvalue weighted by molar-refractivity contribution is -0.0601. The van der Waals surface area contributed by atoms with Crippen LogP contribution in [0.3, 0.4) is 0 Å². The van der Waals surface area contributed by atoms with Gasteiger partial charge in [0.05, 0.1) is 12.6 Å². The smallest absolute Gasteiger partial charge is 0.142 e. The minimum Gasteiger partial charge on any atom is -0.382 e. The van der Waals surface area contributed by atoms with Crippen molar-refractivity contribution in [1.82, 2.24) is 0 Å². The summed E-state index contributed by atoms with van der Waals surface area (Å²) in [4.78, 5) is 0. The molecule has 4 atom stereocenters. The zero-order chi connectivity index (χ0) is 12.1. The number of hydrogen-bond acceptors (Lipinski definition) is 4. The van der Waals surface area contributed by atoms with Gasteiger partial charge in [-0.15, -0.1) is 0 Å². The highest BCUT2D eigenvalue weighted by atomic mass is 16.6. The first-order valence-corrected chi connectivity index (χ1v) is 5.89. The van der Waals surface area contributed by atoms with E-state index in [0.29, 0.717) is 12.5 Å². The van der Waals surface area contributed by atoms with E-state index in [1.807, 2.05) is 7.85 Å². The number of ether oxygens (including phenoxy) is 4. The largest absolute Gasteiger partial charge is 0.382 e. The molecular weight excluding hydrogens is 207 g/mol. The third kappa shape index (κ3) is 3.45. The maximum Gasteiger partial charge on any atom is 0.142 e. The summed E-state index contributed by atoms with van der Waals surface area (Å²) in [6, 6.07) is 0.0591. The van der Waals surface area contributed by atoms with E-state index < -0.39 is 0 Å². The number of hydrogen-bond donors (Lipinski definition) is 0. The van der Waals surface area contributed by atoms with Crippen molar-refractivity contribution < 1.29 is 18.9 Å². The minimum absolute atomic E-state index is 0.00699. The predicted octanol–water partition coefficient (Wildman–Crippen LogP) is 0.0470. The van der Waals surface area contributed by atoms with E-state index in [1.165, 1.54) is 0 Å². The summed E-state index contributed by atoms with van der Waals surface area (Å²) in [5.74, 6) is 0.520. The second kappa shape index (κ2) is 6.59. The van der Waals surface area contributed by atoms with Crippen molar-refractivity contribution in [1.29, 1.82) is 0 Å². The summed E-state index contributed by atoms with van der Waals surface area (Å²) in [6.45, 7) is 5.55. The first-order valence-electron chi connectivity index (χ1n) is 5.89. The molecule has 0 radical (unpaired) electrons. The van der Waals surface area contributed by atoms with Crippen molar-refractivity contribution in [2.75, 3.05) is 27.4 Å². The van der Waals surface area contributed by atoms with Crippen LogP contribution in [0.1, 0.15) is 13.8 Å². The van der Waals surface area contributed by atoms with E-state index in [9.17, 15) is 0 Å². The van der Waals surface area contributed by atoms with Gasteiger partial charge >= 0.3 is 0 Å². The van der Waals surface area contributed by atoms with Gasteiger partial charge in [-0.25, -0.2) is 0 Å².